The standard InChI is InChI=1S/C17H23N3O2/c21-16(14-5-1-2-6-14)19-9-4-10-20(12-11-19)17(22)15-7-3-8-18-13-15/h3,7-8,13-14H,1-2,4-6,9-12H2. The van der Waals surface area contributed by atoms with Crippen molar-refractivity contribution in [3.63, 3.8) is 0 Å². The van der Waals surface area contributed by atoms with Gasteiger partial charge in [-0.1, -0.05) is 12.8 Å². The predicted molar refractivity (Wildman–Crippen MR) is 83.3 cm³/mol. The largest absolute Gasteiger partial charge is 0.341 e. The molecule has 0 spiro atoms. The molecule has 118 valence electrons. The highest BCUT2D eigenvalue weighted by atomic mass is 16.2. The normalized spacial score (nSPS) is 20.0. The Hall–Kier alpha value is -1.91. The lowest BCUT2D eigenvalue weighted by Crippen LogP contribution is -2.39. The summed E-state index contributed by atoms with van der Waals surface area (Å²) in [6.45, 7) is 2.75. The molecule has 1 aliphatic heterocycles. The molecule has 0 radical (unpaired) electrons. The summed E-state index contributed by atoms with van der Waals surface area (Å²) in [5.41, 5.74) is 0.623. The first-order chi connectivity index (χ1) is 10.8. The van der Waals surface area contributed by atoms with Crippen molar-refractivity contribution in [2.45, 2.75) is 32.1 Å². The van der Waals surface area contributed by atoms with Crippen molar-refractivity contribution in [2.75, 3.05) is 26.2 Å². The first-order valence-electron chi connectivity index (χ1n) is 8.24. The molecule has 1 saturated heterocycles. The van der Waals surface area contributed by atoms with Crippen LogP contribution in [0.3, 0.4) is 0 Å². The molecule has 1 aromatic heterocycles. The quantitative estimate of drug-likeness (QED) is 0.839. The Kier molecular flexibility index (Phi) is 4.71. The molecule has 3 rings (SSSR count). The fourth-order valence-corrected chi connectivity index (χ4v) is 3.44. The van der Waals surface area contributed by atoms with Crippen molar-refractivity contribution in [2.24, 2.45) is 5.92 Å². The number of hydrogen-bond donors (Lipinski definition) is 0. The van der Waals surface area contributed by atoms with Gasteiger partial charge in [0.1, 0.15) is 0 Å². The van der Waals surface area contributed by atoms with E-state index in [0.717, 1.165) is 25.8 Å². The number of carbonyl (C=O) groups excluding carboxylic acids is 2. The van der Waals surface area contributed by atoms with Gasteiger partial charge in [-0.25, -0.2) is 0 Å². The maximum atomic E-state index is 12.5. The maximum Gasteiger partial charge on any atom is 0.255 e. The van der Waals surface area contributed by atoms with E-state index in [1.54, 1.807) is 24.5 Å². The summed E-state index contributed by atoms with van der Waals surface area (Å²) in [5, 5.41) is 0. The second kappa shape index (κ2) is 6.90. The summed E-state index contributed by atoms with van der Waals surface area (Å²) in [6, 6.07) is 3.57. The third-order valence-electron chi connectivity index (χ3n) is 4.71. The number of nitrogens with zero attached hydrogens (tertiary/aromatic N) is 3. The molecular weight excluding hydrogens is 278 g/mol. The highest BCUT2D eigenvalue weighted by Crippen LogP contribution is 2.27. The maximum absolute atomic E-state index is 12.5. The van der Waals surface area contributed by atoms with Gasteiger partial charge in [-0.05, 0) is 31.4 Å². The lowest BCUT2D eigenvalue weighted by Gasteiger charge is -2.24. The average Bonchev–Trinajstić information content (AvgIpc) is 2.99. The van der Waals surface area contributed by atoms with Crippen molar-refractivity contribution in [3.05, 3.63) is 30.1 Å². The Morgan fingerprint density at radius 3 is 2.45 bits per heavy atom. The molecule has 0 N–H and O–H groups in total. The lowest BCUT2D eigenvalue weighted by atomic mass is 10.1. The van der Waals surface area contributed by atoms with E-state index in [9.17, 15) is 9.59 Å². The second-order valence-electron chi connectivity index (χ2n) is 6.19. The SMILES string of the molecule is O=C(c1cccnc1)N1CCCN(C(=O)C2CCCC2)CC1. The molecule has 0 bridgehead atoms. The minimum atomic E-state index is 0.0169. The third-order valence-corrected chi connectivity index (χ3v) is 4.71. The summed E-state index contributed by atoms with van der Waals surface area (Å²) < 4.78 is 0. The van der Waals surface area contributed by atoms with Crippen LogP contribution in [0.5, 0.6) is 0 Å². The molecule has 5 heteroatoms. The van der Waals surface area contributed by atoms with Gasteiger partial charge in [0.15, 0.2) is 0 Å². The monoisotopic (exact) mass is 301 g/mol. The van der Waals surface area contributed by atoms with Crippen molar-refractivity contribution in [1.29, 1.82) is 0 Å². The van der Waals surface area contributed by atoms with Crippen LogP contribution >= 0.6 is 0 Å². The molecule has 0 unspecified atom stereocenters. The molecule has 1 aliphatic carbocycles. The fourth-order valence-electron chi connectivity index (χ4n) is 3.44. The molecule has 0 atom stereocenters. The number of rotatable bonds is 2. The van der Waals surface area contributed by atoms with Crippen molar-refractivity contribution >= 4 is 11.8 Å². The van der Waals surface area contributed by atoms with Gasteiger partial charge in [-0.2, -0.15) is 0 Å². The number of aromatic nitrogens is 1. The lowest BCUT2D eigenvalue weighted by molar-refractivity contribution is -0.135. The molecule has 0 aromatic carbocycles. The van der Waals surface area contributed by atoms with E-state index in [0.29, 0.717) is 31.1 Å². The molecule has 5 nitrogen and oxygen atoms in total. The third kappa shape index (κ3) is 3.29. The van der Waals surface area contributed by atoms with Crippen LogP contribution in [0.1, 0.15) is 42.5 Å². The zero-order valence-corrected chi connectivity index (χ0v) is 12.9. The molecule has 2 fully saturated rings. The zero-order chi connectivity index (χ0) is 15.4. The van der Waals surface area contributed by atoms with Gasteiger partial charge in [0.05, 0.1) is 5.56 Å². The van der Waals surface area contributed by atoms with Gasteiger partial charge in [0, 0.05) is 44.5 Å². The molecule has 1 saturated carbocycles. The number of carbonyl (C=O) groups is 2. The highest BCUT2D eigenvalue weighted by Gasteiger charge is 2.29. The summed E-state index contributed by atoms with van der Waals surface area (Å²) in [5.74, 6) is 0.539. The first kappa shape index (κ1) is 15.0. The van der Waals surface area contributed by atoms with Crippen LogP contribution < -0.4 is 0 Å². The molecule has 2 amide bonds. The Morgan fingerprint density at radius 2 is 1.73 bits per heavy atom. The molecule has 1 aromatic rings. The highest BCUT2D eigenvalue weighted by molar-refractivity contribution is 5.94. The fraction of sp³-hybridized carbons (Fsp3) is 0.588. The Morgan fingerprint density at radius 1 is 1.00 bits per heavy atom. The summed E-state index contributed by atoms with van der Waals surface area (Å²) in [7, 11) is 0. The van der Waals surface area contributed by atoms with Crippen LogP contribution in [0.25, 0.3) is 0 Å². The first-order valence-corrected chi connectivity index (χ1v) is 8.24. The van der Waals surface area contributed by atoms with E-state index in [2.05, 4.69) is 4.98 Å². The molecular formula is C17H23N3O2. The molecule has 22 heavy (non-hydrogen) atoms. The Labute approximate surface area is 131 Å². The van der Waals surface area contributed by atoms with Crippen molar-refractivity contribution < 1.29 is 9.59 Å². The summed E-state index contributed by atoms with van der Waals surface area (Å²) in [6.07, 6.45) is 8.55. The van der Waals surface area contributed by atoms with Crippen molar-refractivity contribution in [3.8, 4) is 0 Å². The Bertz CT molecular complexity index is 526. The summed E-state index contributed by atoms with van der Waals surface area (Å²) in [4.78, 5) is 32.8. The minimum Gasteiger partial charge on any atom is -0.341 e. The van der Waals surface area contributed by atoms with E-state index in [-0.39, 0.29) is 11.8 Å². The van der Waals surface area contributed by atoms with E-state index in [1.807, 2.05) is 9.80 Å². The zero-order valence-electron chi connectivity index (χ0n) is 12.9. The van der Waals surface area contributed by atoms with Gasteiger partial charge in [-0.15, -0.1) is 0 Å². The van der Waals surface area contributed by atoms with Gasteiger partial charge < -0.3 is 9.80 Å². The second-order valence-corrected chi connectivity index (χ2v) is 6.19. The van der Waals surface area contributed by atoms with Gasteiger partial charge >= 0.3 is 0 Å². The Balaban J connectivity index is 1.60. The predicted octanol–water partition coefficient (Wildman–Crippen LogP) is 1.95. The van der Waals surface area contributed by atoms with E-state index in [4.69, 9.17) is 0 Å². The molecule has 2 heterocycles. The summed E-state index contributed by atoms with van der Waals surface area (Å²) >= 11 is 0. The van der Waals surface area contributed by atoms with Crippen LogP contribution in [0.15, 0.2) is 24.5 Å². The van der Waals surface area contributed by atoms with Crippen LogP contribution in [0, 0.1) is 5.92 Å². The smallest absolute Gasteiger partial charge is 0.255 e. The van der Waals surface area contributed by atoms with Crippen LogP contribution in [-0.4, -0.2) is 52.8 Å². The van der Waals surface area contributed by atoms with Crippen molar-refractivity contribution in [1.82, 2.24) is 14.8 Å². The number of amides is 2. The topological polar surface area (TPSA) is 53.5 Å². The van der Waals surface area contributed by atoms with Gasteiger partial charge in [0.2, 0.25) is 5.91 Å². The van der Waals surface area contributed by atoms with E-state index in [1.165, 1.54) is 12.8 Å². The van der Waals surface area contributed by atoms with E-state index < -0.39 is 0 Å². The van der Waals surface area contributed by atoms with Gasteiger partial charge in [-0.3, -0.25) is 14.6 Å². The van der Waals surface area contributed by atoms with Crippen LogP contribution in [0.4, 0.5) is 0 Å². The van der Waals surface area contributed by atoms with Crippen LogP contribution in [-0.2, 0) is 4.79 Å². The van der Waals surface area contributed by atoms with E-state index >= 15 is 0 Å². The van der Waals surface area contributed by atoms with Crippen LogP contribution in [0.2, 0.25) is 0 Å². The number of hydrogen-bond acceptors (Lipinski definition) is 3. The number of pyridine rings is 1. The van der Waals surface area contributed by atoms with Gasteiger partial charge in [0.25, 0.3) is 5.91 Å². The molecule has 2 aliphatic rings. The minimum absolute atomic E-state index is 0.0169. The average molecular weight is 301 g/mol.